The second kappa shape index (κ2) is 5.95. The Labute approximate surface area is 132 Å². The van der Waals surface area contributed by atoms with Crippen molar-refractivity contribution in [2.45, 2.75) is 4.90 Å². The van der Waals surface area contributed by atoms with Crippen molar-refractivity contribution in [1.29, 1.82) is 0 Å². The Balaban J connectivity index is 1.83. The summed E-state index contributed by atoms with van der Waals surface area (Å²) in [6.07, 6.45) is 6.94. The van der Waals surface area contributed by atoms with Gasteiger partial charge in [-0.3, -0.25) is 9.48 Å². The van der Waals surface area contributed by atoms with Crippen molar-refractivity contribution in [1.82, 2.24) is 9.78 Å². The van der Waals surface area contributed by atoms with Gasteiger partial charge in [-0.25, -0.2) is 0 Å². The van der Waals surface area contributed by atoms with Crippen LogP contribution in [0.3, 0.4) is 0 Å². The van der Waals surface area contributed by atoms with Crippen LogP contribution >= 0.6 is 23.4 Å². The molecule has 0 N–H and O–H groups in total. The first kappa shape index (κ1) is 14.2. The predicted octanol–water partition coefficient (Wildman–Crippen LogP) is 3.23. The molecule has 108 valence electrons. The summed E-state index contributed by atoms with van der Waals surface area (Å²) in [5.74, 6) is 0.851. The van der Waals surface area contributed by atoms with Crippen molar-refractivity contribution in [2.75, 3.05) is 17.2 Å². The molecule has 0 radical (unpaired) electrons. The number of fused-ring (bicyclic) bond motifs is 1. The molecule has 0 saturated carbocycles. The van der Waals surface area contributed by atoms with Gasteiger partial charge in [0.15, 0.2) is 0 Å². The highest BCUT2D eigenvalue weighted by molar-refractivity contribution is 7.99. The molecule has 4 nitrogen and oxygen atoms in total. The minimum Gasteiger partial charge on any atom is -0.307 e. The first-order chi connectivity index (χ1) is 10.1. The summed E-state index contributed by atoms with van der Waals surface area (Å²) in [5, 5.41) is 4.72. The summed E-state index contributed by atoms with van der Waals surface area (Å²) in [6.45, 7) is 0.689. The highest BCUT2D eigenvalue weighted by atomic mass is 35.5. The zero-order valence-corrected chi connectivity index (χ0v) is 13.1. The number of aromatic nitrogens is 2. The standard InChI is InChI=1S/C15H14ClN3OS/c1-18-10-11(9-17-18)2-5-15(20)19-6-7-21-14-4-3-12(16)8-13(14)19/h2-5,8-10H,6-7H2,1H3/b5-2-. The summed E-state index contributed by atoms with van der Waals surface area (Å²) < 4.78 is 1.71. The Morgan fingerprint density at radius 3 is 3.10 bits per heavy atom. The van der Waals surface area contributed by atoms with Crippen LogP contribution in [0.25, 0.3) is 6.08 Å². The monoisotopic (exact) mass is 319 g/mol. The Kier molecular flexibility index (Phi) is 4.03. The van der Waals surface area contributed by atoms with E-state index in [1.807, 2.05) is 31.4 Å². The van der Waals surface area contributed by atoms with E-state index in [0.717, 1.165) is 21.9 Å². The van der Waals surface area contributed by atoms with Crippen LogP contribution in [0, 0.1) is 0 Å². The van der Waals surface area contributed by atoms with E-state index in [9.17, 15) is 4.79 Å². The SMILES string of the molecule is Cn1cc(/C=C\C(=O)N2CCSc3ccc(Cl)cc32)cn1. The van der Waals surface area contributed by atoms with Gasteiger partial charge < -0.3 is 4.90 Å². The topological polar surface area (TPSA) is 38.1 Å². The summed E-state index contributed by atoms with van der Waals surface area (Å²) in [5.41, 5.74) is 1.79. The Bertz CT molecular complexity index is 711. The van der Waals surface area contributed by atoms with Gasteiger partial charge in [0.2, 0.25) is 0 Å². The van der Waals surface area contributed by atoms with Crippen LogP contribution in [-0.4, -0.2) is 28.0 Å². The zero-order valence-electron chi connectivity index (χ0n) is 11.5. The van der Waals surface area contributed by atoms with Crippen molar-refractivity contribution in [2.24, 2.45) is 7.05 Å². The molecular formula is C15H14ClN3OS. The molecule has 2 aromatic rings. The maximum absolute atomic E-state index is 12.4. The Hall–Kier alpha value is -1.72. The number of carbonyl (C=O) groups is 1. The quantitative estimate of drug-likeness (QED) is 0.798. The number of amides is 1. The van der Waals surface area contributed by atoms with E-state index in [1.165, 1.54) is 0 Å². The first-order valence-electron chi connectivity index (χ1n) is 6.54. The van der Waals surface area contributed by atoms with E-state index in [0.29, 0.717) is 11.6 Å². The van der Waals surface area contributed by atoms with E-state index >= 15 is 0 Å². The maximum Gasteiger partial charge on any atom is 0.251 e. The van der Waals surface area contributed by atoms with Gasteiger partial charge in [0.1, 0.15) is 0 Å². The van der Waals surface area contributed by atoms with E-state index in [-0.39, 0.29) is 5.91 Å². The first-order valence-corrected chi connectivity index (χ1v) is 7.90. The normalized spacial score (nSPS) is 14.5. The van der Waals surface area contributed by atoms with Crippen LogP contribution in [0.1, 0.15) is 5.56 Å². The largest absolute Gasteiger partial charge is 0.307 e. The lowest BCUT2D eigenvalue weighted by atomic mass is 10.2. The van der Waals surface area contributed by atoms with Gasteiger partial charge in [-0.1, -0.05) is 11.6 Å². The van der Waals surface area contributed by atoms with Crippen LogP contribution in [0.15, 0.2) is 41.6 Å². The number of rotatable bonds is 2. The minimum absolute atomic E-state index is 0.0392. The molecule has 0 fully saturated rings. The molecule has 0 bridgehead atoms. The van der Waals surface area contributed by atoms with E-state index in [4.69, 9.17) is 11.6 Å². The smallest absolute Gasteiger partial charge is 0.251 e. The average molecular weight is 320 g/mol. The summed E-state index contributed by atoms with van der Waals surface area (Å²) >= 11 is 7.79. The van der Waals surface area contributed by atoms with Crippen molar-refractivity contribution in [3.63, 3.8) is 0 Å². The Morgan fingerprint density at radius 2 is 2.33 bits per heavy atom. The van der Waals surface area contributed by atoms with Crippen LogP contribution in [-0.2, 0) is 11.8 Å². The van der Waals surface area contributed by atoms with Crippen molar-refractivity contribution in [3.8, 4) is 0 Å². The molecule has 0 saturated heterocycles. The molecule has 1 aliphatic rings. The summed E-state index contributed by atoms with van der Waals surface area (Å²) in [4.78, 5) is 15.3. The number of benzene rings is 1. The van der Waals surface area contributed by atoms with Gasteiger partial charge in [0, 0.05) is 47.1 Å². The lowest BCUT2D eigenvalue weighted by molar-refractivity contribution is -0.114. The minimum atomic E-state index is -0.0392. The highest BCUT2D eigenvalue weighted by Crippen LogP contribution is 2.36. The molecule has 1 aromatic heterocycles. The van der Waals surface area contributed by atoms with Crippen LogP contribution in [0.4, 0.5) is 5.69 Å². The number of anilines is 1. The highest BCUT2D eigenvalue weighted by Gasteiger charge is 2.21. The van der Waals surface area contributed by atoms with Crippen LogP contribution in [0.2, 0.25) is 5.02 Å². The van der Waals surface area contributed by atoms with E-state index < -0.39 is 0 Å². The molecule has 2 heterocycles. The number of hydrogen-bond donors (Lipinski definition) is 0. The molecule has 0 aliphatic carbocycles. The number of thioether (sulfide) groups is 1. The average Bonchev–Trinajstić information content (AvgIpc) is 2.89. The second-order valence-corrected chi connectivity index (χ2v) is 6.30. The third kappa shape index (κ3) is 3.14. The maximum atomic E-state index is 12.4. The molecule has 0 spiro atoms. The number of aryl methyl sites for hydroxylation is 1. The van der Waals surface area contributed by atoms with E-state index in [2.05, 4.69) is 5.10 Å². The molecule has 1 aromatic carbocycles. The zero-order chi connectivity index (χ0) is 14.8. The van der Waals surface area contributed by atoms with E-state index in [1.54, 1.807) is 39.7 Å². The van der Waals surface area contributed by atoms with Crippen molar-refractivity contribution < 1.29 is 4.79 Å². The summed E-state index contributed by atoms with van der Waals surface area (Å²) in [6, 6.07) is 5.66. The van der Waals surface area contributed by atoms with Crippen molar-refractivity contribution >= 4 is 41.0 Å². The second-order valence-electron chi connectivity index (χ2n) is 4.73. The van der Waals surface area contributed by atoms with Gasteiger partial charge in [-0.2, -0.15) is 5.10 Å². The van der Waals surface area contributed by atoms with Gasteiger partial charge in [0.05, 0.1) is 11.9 Å². The fourth-order valence-corrected chi connectivity index (χ4v) is 3.34. The molecule has 1 aliphatic heterocycles. The van der Waals surface area contributed by atoms with Gasteiger partial charge in [-0.15, -0.1) is 11.8 Å². The number of carbonyl (C=O) groups excluding carboxylic acids is 1. The molecule has 0 unspecified atom stereocenters. The predicted molar refractivity (Wildman–Crippen MR) is 86.8 cm³/mol. The summed E-state index contributed by atoms with van der Waals surface area (Å²) in [7, 11) is 1.85. The fourth-order valence-electron chi connectivity index (χ4n) is 2.20. The molecule has 21 heavy (non-hydrogen) atoms. The lowest BCUT2D eigenvalue weighted by Crippen LogP contribution is -2.34. The number of nitrogens with zero attached hydrogens (tertiary/aromatic N) is 3. The third-order valence-electron chi connectivity index (χ3n) is 3.19. The molecule has 0 atom stereocenters. The van der Waals surface area contributed by atoms with Crippen molar-refractivity contribution in [3.05, 3.63) is 47.3 Å². The third-order valence-corrected chi connectivity index (χ3v) is 4.47. The number of halogens is 1. The van der Waals surface area contributed by atoms with Crippen LogP contribution in [0.5, 0.6) is 0 Å². The van der Waals surface area contributed by atoms with Gasteiger partial charge >= 0.3 is 0 Å². The number of hydrogen-bond acceptors (Lipinski definition) is 3. The lowest BCUT2D eigenvalue weighted by Gasteiger charge is -2.28. The Morgan fingerprint density at radius 1 is 1.48 bits per heavy atom. The molecule has 1 amide bonds. The molecule has 6 heteroatoms. The van der Waals surface area contributed by atoms with Crippen LogP contribution < -0.4 is 4.90 Å². The molecular weight excluding hydrogens is 306 g/mol. The fraction of sp³-hybridized carbons (Fsp3) is 0.200. The van der Waals surface area contributed by atoms with Gasteiger partial charge in [-0.05, 0) is 24.3 Å². The molecule has 3 rings (SSSR count). The van der Waals surface area contributed by atoms with Gasteiger partial charge in [0.25, 0.3) is 5.91 Å².